The molecule has 1 amide bonds. The normalized spacial score (nSPS) is 10.2. The van der Waals surface area contributed by atoms with Crippen LogP contribution in [0.4, 0.5) is 0 Å². The zero-order valence-electron chi connectivity index (χ0n) is 11.7. The molecule has 0 fully saturated rings. The molecule has 0 aromatic rings. The number of hydrogen-bond donors (Lipinski definition) is 0. The second-order valence-electron chi connectivity index (χ2n) is 4.03. The Balaban J connectivity index is 4.03. The van der Waals surface area contributed by atoms with Gasteiger partial charge >= 0.3 is 5.97 Å². The van der Waals surface area contributed by atoms with E-state index < -0.39 is 0 Å². The summed E-state index contributed by atoms with van der Waals surface area (Å²) in [6.07, 6.45) is 4.72. The quantitative estimate of drug-likeness (QED) is 0.453. The first-order chi connectivity index (χ1) is 8.65. The average Bonchev–Trinajstić information content (AvgIpc) is 2.35. The largest absolute Gasteiger partial charge is 0.466 e. The van der Waals surface area contributed by atoms with Crippen LogP contribution < -0.4 is 0 Å². The van der Waals surface area contributed by atoms with Gasteiger partial charge in [0.2, 0.25) is 5.91 Å². The van der Waals surface area contributed by atoms with Crippen LogP contribution in [0.2, 0.25) is 0 Å². The second-order valence-corrected chi connectivity index (χ2v) is 5.02. The first kappa shape index (κ1) is 17.3. The van der Waals surface area contributed by atoms with E-state index in [-0.39, 0.29) is 11.9 Å². The van der Waals surface area contributed by atoms with Crippen LogP contribution in [0, 0.1) is 0 Å². The Morgan fingerprint density at radius 2 is 1.89 bits per heavy atom. The first-order valence-electron chi connectivity index (χ1n) is 6.58. The van der Waals surface area contributed by atoms with E-state index in [0.717, 1.165) is 25.1 Å². The maximum absolute atomic E-state index is 11.9. The standard InChI is InChI=1S/C13H25NO3S/c1-4-9-14(10-8-13(16)17-5-2)12(15)7-6-11-18-3/h4-11H2,1-3H3. The Kier molecular flexibility index (Phi) is 10.9. The molecule has 0 atom stereocenters. The minimum absolute atomic E-state index is 0.148. The Bertz CT molecular complexity index is 246. The molecule has 0 aliphatic carbocycles. The molecule has 0 unspecified atom stereocenters. The highest BCUT2D eigenvalue weighted by atomic mass is 32.2. The van der Waals surface area contributed by atoms with Crippen molar-refractivity contribution in [2.45, 2.75) is 39.5 Å². The molecular weight excluding hydrogens is 250 g/mol. The summed E-state index contributed by atoms with van der Waals surface area (Å²) in [6.45, 7) is 5.42. The van der Waals surface area contributed by atoms with Crippen LogP contribution in [0.1, 0.15) is 39.5 Å². The molecule has 0 spiro atoms. The van der Waals surface area contributed by atoms with Gasteiger partial charge in [0.25, 0.3) is 0 Å². The number of esters is 1. The average molecular weight is 275 g/mol. The first-order valence-corrected chi connectivity index (χ1v) is 7.97. The molecule has 0 aromatic carbocycles. The van der Waals surface area contributed by atoms with Gasteiger partial charge in [-0.3, -0.25) is 9.59 Å². The number of nitrogens with zero attached hydrogens (tertiary/aromatic N) is 1. The number of thioether (sulfide) groups is 1. The fourth-order valence-electron chi connectivity index (χ4n) is 1.62. The Hall–Kier alpha value is -0.710. The van der Waals surface area contributed by atoms with Gasteiger partial charge < -0.3 is 9.64 Å². The van der Waals surface area contributed by atoms with Crippen molar-refractivity contribution >= 4 is 23.6 Å². The molecule has 0 bridgehead atoms. The van der Waals surface area contributed by atoms with E-state index in [1.165, 1.54) is 0 Å². The summed E-state index contributed by atoms with van der Waals surface area (Å²) in [6, 6.07) is 0. The molecule has 0 N–H and O–H groups in total. The number of amides is 1. The predicted molar refractivity (Wildman–Crippen MR) is 75.7 cm³/mol. The molecule has 0 radical (unpaired) electrons. The highest BCUT2D eigenvalue weighted by molar-refractivity contribution is 7.98. The SMILES string of the molecule is CCCN(CCC(=O)OCC)C(=O)CCCSC. The zero-order chi connectivity index (χ0) is 13.8. The third-order valence-corrected chi connectivity index (χ3v) is 3.17. The maximum Gasteiger partial charge on any atom is 0.307 e. The van der Waals surface area contributed by atoms with Crippen molar-refractivity contribution in [2.24, 2.45) is 0 Å². The molecule has 5 heteroatoms. The Morgan fingerprint density at radius 1 is 1.17 bits per heavy atom. The van der Waals surface area contributed by atoms with Crippen LogP contribution in [0.25, 0.3) is 0 Å². The van der Waals surface area contributed by atoms with Crippen molar-refractivity contribution in [3.05, 3.63) is 0 Å². The third kappa shape index (κ3) is 8.39. The van der Waals surface area contributed by atoms with Crippen LogP contribution >= 0.6 is 11.8 Å². The van der Waals surface area contributed by atoms with Crippen molar-refractivity contribution in [1.29, 1.82) is 0 Å². The molecule has 0 aliphatic rings. The smallest absolute Gasteiger partial charge is 0.307 e. The lowest BCUT2D eigenvalue weighted by Crippen LogP contribution is -2.33. The summed E-state index contributed by atoms with van der Waals surface area (Å²) in [5.41, 5.74) is 0. The van der Waals surface area contributed by atoms with Crippen molar-refractivity contribution in [3.8, 4) is 0 Å². The maximum atomic E-state index is 11.9. The summed E-state index contributed by atoms with van der Waals surface area (Å²) < 4.78 is 4.87. The van der Waals surface area contributed by atoms with E-state index in [9.17, 15) is 9.59 Å². The van der Waals surface area contributed by atoms with Crippen molar-refractivity contribution in [2.75, 3.05) is 31.7 Å². The van der Waals surface area contributed by atoms with Gasteiger partial charge in [-0.15, -0.1) is 0 Å². The van der Waals surface area contributed by atoms with Crippen LogP contribution in [-0.2, 0) is 14.3 Å². The molecule has 0 saturated heterocycles. The lowest BCUT2D eigenvalue weighted by atomic mass is 10.2. The molecule has 106 valence electrons. The van der Waals surface area contributed by atoms with Gasteiger partial charge in [0.15, 0.2) is 0 Å². The molecule has 0 rings (SSSR count). The van der Waals surface area contributed by atoms with Crippen molar-refractivity contribution < 1.29 is 14.3 Å². The number of hydrogen-bond acceptors (Lipinski definition) is 4. The van der Waals surface area contributed by atoms with E-state index in [2.05, 4.69) is 0 Å². The highest BCUT2D eigenvalue weighted by Crippen LogP contribution is 2.05. The molecular formula is C13H25NO3S. The van der Waals surface area contributed by atoms with Crippen LogP contribution in [0.5, 0.6) is 0 Å². The van der Waals surface area contributed by atoms with Gasteiger partial charge in [0.1, 0.15) is 0 Å². The Labute approximate surface area is 114 Å². The second kappa shape index (κ2) is 11.4. The zero-order valence-corrected chi connectivity index (χ0v) is 12.6. The van der Waals surface area contributed by atoms with Gasteiger partial charge in [-0.25, -0.2) is 0 Å². The number of carbonyl (C=O) groups excluding carboxylic acids is 2. The number of carbonyl (C=O) groups is 2. The van der Waals surface area contributed by atoms with Crippen molar-refractivity contribution in [3.63, 3.8) is 0 Å². The molecule has 0 aliphatic heterocycles. The molecule has 0 heterocycles. The van der Waals surface area contributed by atoms with Gasteiger partial charge in [0, 0.05) is 19.5 Å². The van der Waals surface area contributed by atoms with Gasteiger partial charge in [-0.1, -0.05) is 6.92 Å². The Morgan fingerprint density at radius 3 is 2.44 bits per heavy atom. The highest BCUT2D eigenvalue weighted by Gasteiger charge is 2.14. The van der Waals surface area contributed by atoms with Gasteiger partial charge in [0.05, 0.1) is 13.0 Å². The van der Waals surface area contributed by atoms with Crippen LogP contribution in [0.15, 0.2) is 0 Å². The summed E-state index contributed by atoms with van der Waals surface area (Å²) >= 11 is 1.75. The third-order valence-electron chi connectivity index (χ3n) is 2.48. The van der Waals surface area contributed by atoms with E-state index in [4.69, 9.17) is 4.74 Å². The topological polar surface area (TPSA) is 46.6 Å². The fraction of sp³-hybridized carbons (Fsp3) is 0.846. The summed E-state index contributed by atoms with van der Waals surface area (Å²) in [7, 11) is 0. The van der Waals surface area contributed by atoms with E-state index in [1.807, 2.05) is 13.2 Å². The van der Waals surface area contributed by atoms with Crippen LogP contribution in [0.3, 0.4) is 0 Å². The van der Waals surface area contributed by atoms with Crippen LogP contribution in [-0.4, -0.2) is 48.5 Å². The summed E-state index contributed by atoms with van der Waals surface area (Å²) in [5, 5.41) is 0. The minimum atomic E-state index is -0.226. The molecule has 0 aromatic heterocycles. The minimum Gasteiger partial charge on any atom is -0.466 e. The van der Waals surface area contributed by atoms with E-state index >= 15 is 0 Å². The summed E-state index contributed by atoms with van der Waals surface area (Å²) in [4.78, 5) is 25.0. The summed E-state index contributed by atoms with van der Waals surface area (Å²) in [5.74, 6) is 0.926. The van der Waals surface area contributed by atoms with Gasteiger partial charge in [-0.2, -0.15) is 11.8 Å². The lowest BCUT2D eigenvalue weighted by molar-refractivity contribution is -0.144. The van der Waals surface area contributed by atoms with E-state index in [1.54, 1.807) is 23.6 Å². The fourth-order valence-corrected chi connectivity index (χ4v) is 2.05. The number of rotatable bonds is 10. The molecule has 18 heavy (non-hydrogen) atoms. The molecule has 4 nitrogen and oxygen atoms in total. The van der Waals surface area contributed by atoms with Crippen molar-refractivity contribution in [1.82, 2.24) is 4.90 Å². The predicted octanol–water partition coefficient (Wildman–Crippen LogP) is 2.32. The van der Waals surface area contributed by atoms with E-state index in [0.29, 0.717) is 26.0 Å². The van der Waals surface area contributed by atoms with Gasteiger partial charge in [-0.05, 0) is 31.8 Å². The lowest BCUT2D eigenvalue weighted by Gasteiger charge is -2.21. The monoisotopic (exact) mass is 275 g/mol. The molecule has 0 saturated carbocycles. The number of ether oxygens (including phenoxy) is 1.